The van der Waals surface area contributed by atoms with Crippen LogP contribution in [-0.2, 0) is 0 Å². The van der Waals surface area contributed by atoms with Gasteiger partial charge in [-0.15, -0.1) is 0 Å². The van der Waals surface area contributed by atoms with E-state index in [0.29, 0.717) is 10.6 Å². The van der Waals surface area contributed by atoms with Crippen LogP contribution < -0.4 is 0 Å². The fourth-order valence-electron chi connectivity index (χ4n) is 1.95. The molecule has 0 aliphatic carbocycles. The molecule has 1 nitrogen and oxygen atoms in total. The highest BCUT2D eigenvalue weighted by molar-refractivity contribution is 6.31. The molecule has 0 saturated carbocycles. The molecule has 94 valence electrons. The standard InChI is InChI=1S/C15H14ClFO/c1-9-3-4-10(2)12(7-9)15(18)13-8-11(17)5-6-14(13)16/h3-8,15,18H,1-2H3. The van der Waals surface area contributed by atoms with E-state index >= 15 is 0 Å². The van der Waals surface area contributed by atoms with Gasteiger partial charge in [-0.25, -0.2) is 4.39 Å². The topological polar surface area (TPSA) is 20.2 Å². The second-order valence-electron chi connectivity index (χ2n) is 4.43. The first-order chi connectivity index (χ1) is 8.49. The van der Waals surface area contributed by atoms with Gasteiger partial charge in [-0.2, -0.15) is 0 Å². The van der Waals surface area contributed by atoms with Gasteiger partial charge in [0.25, 0.3) is 0 Å². The Morgan fingerprint density at radius 1 is 1.06 bits per heavy atom. The Balaban J connectivity index is 2.50. The van der Waals surface area contributed by atoms with Crippen LogP contribution in [0.1, 0.15) is 28.4 Å². The van der Waals surface area contributed by atoms with E-state index in [1.165, 1.54) is 18.2 Å². The number of aryl methyl sites for hydroxylation is 2. The first-order valence-corrected chi connectivity index (χ1v) is 6.07. The molecule has 0 aliphatic heterocycles. The summed E-state index contributed by atoms with van der Waals surface area (Å²) in [5.41, 5.74) is 3.14. The number of hydrogen-bond acceptors (Lipinski definition) is 1. The first kappa shape index (κ1) is 13.1. The molecule has 0 aromatic heterocycles. The Labute approximate surface area is 111 Å². The van der Waals surface area contributed by atoms with Crippen LogP contribution in [0, 0.1) is 19.7 Å². The zero-order valence-electron chi connectivity index (χ0n) is 10.2. The monoisotopic (exact) mass is 264 g/mol. The lowest BCUT2D eigenvalue weighted by Gasteiger charge is -2.16. The molecule has 2 aromatic carbocycles. The van der Waals surface area contributed by atoms with Gasteiger partial charge in [-0.1, -0.05) is 35.4 Å². The number of benzene rings is 2. The molecule has 0 fully saturated rings. The van der Waals surface area contributed by atoms with Gasteiger partial charge in [-0.3, -0.25) is 0 Å². The smallest absolute Gasteiger partial charge is 0.123 e. The van der Waals surface area contributed by atoms with E-state index < -0.39 is 11.9 Å². The van der Waals surface area contributed by atoms with Gasteiger partial charge in [0.15, 0.2) is 0 Å². The van der Waals surface area contributed by atoms with Gasteiger partial charge >= 0.3 is 0 Å². The average molecular weight is 265 g/mol. The van der Waals surface area contributed by atoms with Gasteiger partial charge < -0.3 is 5.11 Å². The second kappa shape index (κ2) is 5.09. The third-order valence-corrected chi connectivity index (χ3v) is 3.33. The van der Waals surface area contributed by atoms with Crippen LogP contribution >= 0.6 is 11.6 Å². The number of hydrogen-bond donors (Lipinski definition) is 1. The molecule has 18 heavy (non-hydrogen) atoms. The van der Waals surface area contributed by atoms with Crippen molar-refractivity contribution in [3.05, 3.63) is 69.5 Å². The van der Waals surface area contributed by atoms with E-state index in [1.807, 2.05) is 32.0 Å². The zero-order valence-corrected chi connectivity index (χ0v) is 11.0. The summed E-state index contributed by atoms with van der Waals surface area (Å²) in [5, 5.41) is 10.7. The Morgan fingerprint density at radius 3 is 2.50 bits per heavy atom. The molecule has 0 amide bonds. The van der Waals surface area contributed by atoms with E-state index in [0.717, 1.165) is 16.7 Å². The molecule has 3 heteroatoms. The highest BCUT2D eigenvalue weighted by Gasteiger charge is 2.16. The van der Waals surface area contributed by atoms with Crippen molar-refractivity contribution in [2.45, 2.75) is 20.0 Å². The lowest BCUT2D eigenvalue weighted by Crippen LogP contribution is -2.03. The van der Waals surface area contributed by atoms with Crippen molar-refractivity contribution in [2.75, 3.05) is 0 Å². The summed E-state index contributed by atoms with van der Waals surface area (Å²) < 4.78 is 13.2. The molecule has 1 N–H and O–H groups in total. The van der Waals surface area contributed by atoms with Crippen LogP contribution in [0.3, 0.4) is 0 Å². The highest BCUT2D eigenvalue weighted by Crippen LogP contribution is 2.31. The van der Waals surface area contributed by atoms with Crippen LogP contribution in [0.25, 0.3) is 0 Å². The van der Waals surface area contributed by atoms with Crippen LogP contribution in [0.15, 0.2) is 36.4 Å². The first-order valence-electron chi connectivity index (χ1n) is 5.69. The minimum absolute atomic E-state index is 0.366. The average Bonchev–Trinajstić information content (AvgIpc) is 2.34. The number of halogens is 2. The van der Waals surface area contributed by atoms with Crippen LogP contribution in [0.2, 0.25) is 5.02 Å². The third-order valence-electron chi connectivity index (χ3n) is 2.98. The van der Waals surface area contributed by atoms with Gasteiger partial charge in [-0.05, 0) is 43.2 Å². The zero-order chi connectivity index (χ0) is 13.3. The Kier molecular flexibility index (Phi) is 3.69. The molecule has 0 heterocycles. The maximum Gasteiger partial charge on any atom is 0.123 e. The van der Waals surface area contributed by atoms with Crippen molar-refractivity contribution in [1.82, 2.24) is 0 Å². The summed E-state index contributed by atoms with van der Waals surface area (Å²) in [6.07, 6.45) is -0.909. The molecule has 0 saturated heterocycles. The summed E-state index contributed by atoms with van der Waals surface area (Å²) in [6, 6.07) is 9.80. The maximum absolute atomic E-state index is 13.2. The van der Waals surface area contributed by atoms with Crippen molar-refractivity contribution in [3.8, 4) is 0 Å². The van der Waals surface area contributed by atoms with Crippen molar-refractivity contribution < 1.29 is 9.50 Å². The van der Waals surface area contributed by atoms with Crippen molar-refractivity contribution in [1.29, 1.82) is 0 Å². The van der Waals surface area contributed by atoms with E-state index in [1.54, 1.807) is 0 Å². The fraction of sp³-hybridized carbons (Fsp3) is 0.200. The van der Waals surface area contributed by atoms with Gasteiger partial charge in [0.2, 0.25) is 0 Å². The summed E-state index contributed by atoms with van der Waals surface area (Å²) in [5.74, 6) is -0.404. The van der Waals surface area contributed by atoms with Gasteiger partial charge in [0, 0.05) is 10.6 Å². The van der Waals surface area contributed by atoms with E-state index in [9.17, 15) is 9.50 Å². The lowest BCUT2D eigenvalue weighted by molar-refractivity contribution is 0.219. The van der Waals surface area contributed by atoms with E-state index in [-0.39, 0.29) is 0 Å². The fourth-order valence-corrected chi connectivity index (χ4v) is 2.17. The van der Waals surface area contributed by atoms with Gasteiger partial charge in [0.05, 0.1) is 0 Å². The minimum Gasteiger partial charge on any atom is -0.384 e. The number of aliphatic hydroxyl groups excluding tert-OH is 1. The van der Waals surface area contributed by atoms with Crippen LogP contribution in [-0.4, -0.2) is 5.11 Å². The lowest BCUT2D eigenvalue weighted by atomic mass is 9.96. The third kappa shape index (κ3) is 2.55. The Bertz CT molecular complexity index is 529. The second-order valence-corrected chi connectivity index (χ2v) is 4.84. The van der Waals surface area contributed by atoms with Crippen molar-refractivity contribution in [2.24, 2.45) is 0 Å². The Hall–Kier alpha value is -1.38. The Morgan fingerprint density at radius 2 is 1.78 bits per heavy atom. The predicted molar refractivity (Wildman–Crippen MR) is 71.4 cm³/mol. The summed E-state index contributed by atoms with van der Waals surface area (Å²) in [6.45, 7) is 3.86. The van der Waals surface area contributed by atoms with Crippen molar-refractivity contribution in [3.63, 3.8) is 0 Å². The summed E-state index contributed by atoms with van der Waals surface area (Å²) in [7, 11) is 0. The molecule has 2 aromatic rings. The molecule has 1 unspecified atom stereocenters. The molecule has 0 radical (unpaired) electrons. The van der Waals surface area contributed by atoms with Crippen LogP contribution in [0.5, 0.6) is 0 Å². The van der Waals surface area contributed by atoms with E-state index in [4.69, 9.17) is 11.6 Å². The van der Waals surface area contributed by atoms with Gasteiger partial charge in [0.1, 0.15) is 11.9 Å². The number of rotatable bonds is 2. The molecular formula is C15H14ClFO. The largest absolute Gasteiger partial charge is 0.384 e. The molecule has 0 bridgehead atoms. The summed E-state index contributed by atoms with van der Waals surface area (Å²) >= 11 is 6.01. The van der Waals surface area contributed by atoms with Crippen molar-refractivity contribution >= 4 is 11.6 Å². The molecule has 1 atom stereocenters. The normalized spacial score (nSPS) is 12.5. The molecule has 0 spiro atoms. The SMILES string of the molecule is Cc1ccc(C)c(C(O)c2cc(F)ccc2Cl)c1. The maximum atomic E-state index is 13.2. The summed E-state index contributed by atoms with van der Waals surface area (Å²) in [4.78, 5) is 0. The predicted octanol–water partition coefficient (Wildman–Crippen LogP) is 4.18. The van der Waals surface area contributed by atoms with Crippen LogP contribution in [0.4, 0.5) is 4.39 Å². The highest BCUT2D eigenvalue weighted by atomic mass is 35.5. The quantitative estimate of drug-likeness (QED) is 0.863. The molecular weight excluding hydrogens is 251 g/mol. The molecule has 2 rings (SSSR count). The molecule has 0 aliphatic rings. The number of aliphatic hydroxyl groups is 1. The van der Waals surface area contributed by atoms with E-state index in [2.05, 4.69) is 0 Å². The minimum atomic E-state index is -0.909.